The zero-order chi connectivity index (χ0) is 14.1. The van der Waals surface area contributed by atoms with Crippen LogP contribution in [0, 0.1) is 0 Å². The minimum Gasteiger partial charge on any atom is -0.497 e. The highest BCUT2D eigenvalue weighted by molar-refractivity contribution is 5.31. The van der Waals surface area contributed by atoms with Crippen molar-refractivity contribution in [2.24, 2.45) is 0 Å². The fraction of sp³-hybridized carbons (Fsp3) is 0.571. The van der Waals surface area contributed by atoms with Crippen molar-refractivity contribution in [3.63, 3.8) is 0 Å². The molecule has 0 aliphatic carbocycles. The van der Waals surface area contributed by atoms with Crippen LogP contribution in [0.25, 0.3) is 0 Å². The van der Waals surface area contributed by atoms with Crippen molar-refractivity contribution in [2.45, 2.75) is 25.5 Å². The number of aliphatic hydroxyl groups is 2. The van der Waals surface area contributed by atoms with Gasteiger partial charge in [0, 0.05) is 12.6 Å². The molecule has 0 spiro atoms. The summed E-state index contributed by atoms with van der Waals surface area (Å²) in [5.74, 6) is 1.46. The largest absolute Gasteiger partial charge is 0.497 e. The molecule has 1 aromatic rings. The van der Waals surface area contributed by atoms with Crippen LogP contribution in [-0.2, 0) is 0 Å². The molecule has 2 atom stereocenters. The quantitative estimate of drug-likeness (QED) is 0.618. The van der Waals surface area contributed by atoms with Crippen molar-refractivity contribution < 1.29 is 19.7 Å². The zero-order valence-electron chi connectivity index (χ0n) is 11.5. The average Bonchev–Trinajstić information content (AvgIpc) is 2.46. The molecule has 0 amide bonds. The molecule has 0 heterocycles. The summed E-state index contributed by atoms with van der Waals surface area (Å²) in [6.45, 7) is 2.66. The summed E-state index contributed by atoms with van der Waals surface area (Å²) < 4.78 is 10.5. The minimum atomic E-state index is -0.609. The maximum atomic E-state index is 9.76. The second kappa shape index (κ2) is 8.74. The lowest BCUT2D eigenvalue weighted by atomic mass is 10.2. The Balaban J connectivity index is 2.27. The van der Waals surface area contributed by atoms with Crippen LogP contribution in [-0.4, -0.2) is 49.2 Å². The summed E-state index contributed by atoms with van der Waals surface area (Å²) in [7, 11) is 1.61. The fourth-order valence-electron chi connectivity index (χ4n) is 1.56. The first-order valence-corrected chi connectivity index (χ1v) is 6.48. The Morgan fingerprint density at radius 2 is 1.84 bits per heavy atom. The summed E-state index contributed by atoms with van der Waals surface area (Å²) in [5, 5.41) is 21.8. The average molecular weight is 269 g/mol. The molecule has 108 valence electrons. The van der Waals surface area contributed by atoms with Crippen LogP contribution in [0.2, 0.25) is 0 Å². The number of ether oxygens (including phenoxy) is 2. The van der Waals surface area contributed by atoms with Crippen LogP contribution >= 0.6 is 0 Å². The van der Waals surface area contributed by atoms with E-state index in [1.165, 1.54) is 0 Å². The van der Waals surface area contributed by atoms with E-state index in [9.17, 15) is 5.11 Å². The molecule has 5 nitrogen and oxygen atoms in total. The number of hydrogen-bond donors (Lipinski definition) is 3. The second-order valence-electron chi connectivity index (χ2n) is 4.34. The molecule has 5 heteroatoms. The van der Waals surface area contributed by atoms with Crippen LogP contribution in [0.3, 0.4) is 0 Å². The van der Waals surface area contributed by atoms with Gasteiger partial charge in [-0.05, 0) is 30.7 Å². The molecule has 0 aliphatic heterocycles. The molecule has 1 aromatic carbocycles. The number of methoxy groups -OCH3 is 1. The van der Waals surface area contributed by atoms with Crippen LogP contribution in [0.15, 0.2) is 24.3 Å². The van der Waals surface area contributed by atoms with Gasteiger partial charge in [-0.15, -0.1) is 0 Å². The molecule has 3 N–H and O–H groups in total. The van der Waals surface area contributed by atoms with Gasteiger partial charge in [0.1, 0.15) is 24.2 Å². The normalized spacial score (nSPS) is 13.9. The molecule has 19 heavy (non-hydrogen) atoms. The Morgan fingerprint density at radius 1 is 1.21 bits per heavy atom. The van der Waals surface area contributed by atoms with E-state index in [-0.39, 0.29) is 19.3 Å². The lowest BCUT2D eigenvalue weighted by Crippen LogP contribution is -2.39. The highest BCUT2D eigenvalue weighted by Crippen LogP contribution is 2.16. The molecular formula is C14H23NO4. The predicted molar refractivity (Wildman–Crippen MR) is 73.7 cm³/mol. The van der Waals surface area contributed by atoms with Crippen molar-refractivity contribution in [1.82, 2.24) is 5.32 Å². The Kier molecular flexibility index (Phi) is 7.25. The first-order chi connectivity index (χ1) is 9.19. The third kappa shape index (κ3) is 5.92. The van der Waals surface area contributed by atoms with Crippen LogP contribution < -0.4 is 14.8 Å². The van der Waals surface area contributed by atoms with Gasteiger partial charge >= 0.3 is 0 Å². The highest BCUT2D eigenvalue weighted by atomic mass is 16.5. The molecule has 0 radical (unpaired) electrons. The van der Waals surface area contributed by atoms with Crippen molar-refractivity contribution in [3.8, 4) is 11.5 Å². The molecule has 0 saturated carbocycles. The molecular weight excluding hydrogens is 246 g/mol. The van der Waals surface area contributed by atoms with Gasteiger partial charge in [0.05, 0.1) is 13.7 Å². The van der Waals surface area contributed by atoms with E-state index in [1.807, 2.05) is 6.92 Å². The Labute approximate surface area is 114 Å². The first-order valence-electron chi connectivity index (χ1n) is 6.48. The van der Waals surface area contributed by atoms with E-state index in [0.29, 0.717) is 12.3 Å². The number of rotatable bonds is 9. The van der Waals surface area contributed by atoms with E-state index in [2.05, 4.69) is 5.32 Å². The fourth-order valence-corrected chi connectivity index (χ4v) is 1.56. The lowest BCUT2D eigenvalue weighted by molar-refractivity contribution is 0.0994. The third-order valence-corrected chi connectivity index (χ3v) is 2.86. The van der Waals surface area contributed by atoms with Gasteiger partial charge in [0.15, 0.2) is 0 Å². The van der Waals surface area contributed by atoms with Gasteiger partial charge in [-0.25, -0.2) is 0 Å². The maximum Gasteiger partial charge on any atom is 0.119 e. The monoisotopic (exact) mass is 269 g/mol. The van der Waals surface area contributed by atoms with E-state index < -0.39 is 6.10 Å². The second-order valence-corrected chi connectivity index (χ2v) is 4.34. The Bertz CT molecular complexity index is 338. The van der Waals surface area contributed by atoms with Gasteiger partial charge in [-0.3, -0.25) is 0 Å². The number of benzene rings is 1. The zero-order valence-corrected chi connectivity index (χ0v) is 11.5. The number of hydrogen-bond acceptors (Lipinski definition) is 5. The van der Waals surface area contributed by atoms with Crippen molar-refractivity contribution in [1.29, 1.82) is 0 Å². The van der Waals surface area contributed by atoms with Crippen molar-refractivity contribution >= 4 is 0 Å². The summed E-state index contributed by atoms with van der Waals surface area (Å²) >= 11 is 0. The van der Waals surface area contributed by atoms with E-state index >= 15 is 0 Å². The SMILES string of the molecule is CCC(CO)NCC(O)COc1ccc(OC)cc1. The summed E-state index contributed by atoms with van der Waals surface area (Å²) in [4.78, 5) is 0. The summed E-state index contributed by atoms with van der Waals surface area (Å²) in [6.07, 6.45) is 0.213. The maximum absolute atomic E-state index is 9.76. The van der Waals surface area contributed by atoms with Crippen molar-refractivity contribution in [3.05, 3.63) is 24.3 Å². The van der Waals surface area contributed by atoms with E-state index in [4.69, 9.17) is 14.6 Å². The number of nitrogens with one attached hydrogen (secondary N) is 1. The third-order valence-electron chi connectivity index (χ3n) is 2.86. The highest BCUT2D eigenvalue weighted by Gasteiger charge is 2.09. The molecule has 0 bridgehead atoms. The topological polar surface area (TPSA) is 71.0 Å². The number of aliphatic hydroxyl groups excluding tert-OH is 2. The van der Waals surface area contributed by atoms with Crippen LogP contribution in [0.5, 0.6) is 11.5 Å². The van der Waals surface area contributed by atoms with Gasteiger partial charge in [0.25, 0.3) is 0 Å². The Morgan fingerprint density at radius 3 is 2.37 bits per heavy atom. The predicted octanol–water partition coefficient (Wildman–Crippen LogP) is 0.795. The minimum absolute atomic E-state index is 0.0237. The van der Waals surface area contributed by atoms with Gasteiger partial charge in [0.2, 0.25) is 0 Å². The molecule has 0 saturated heterocycles. The molecule has 0 aromatic heterocycles. The van der Waals surface area contributed by atoms with Crippen LogP contribution in [0.1, 0.15) is 13.3 Å². The standard InChI is InChI=1S/C14H23NO4/c1-3-11(9-16)15-8-12(17)10-19-14-6-4-13(18-2)5-7-14/h4-7,11-12,15-17H,3,8-10H2,1-2H3. The van der Waals surface area contributed by atoms with E-state index in [1.54, 1.807) is 31.4 Å². The first kappa shape index (κ1) is 15.8. The summed E-state index contributed by atoms with van der Waals surface area (Å²) in [5.41, 5.74) is 0. The van der Waals surface area contributed by atoms with Gasteiger partial charge in [-0.2, -0.15) is 0 Å². The lowest BCUT2D eigenvalue weighted by Gasteiger charge is -2.17. The molecule has 0 fully saturated rings. The molecule has 0 aliphatic rings. The summed E-state index contributed by atoms with van der Waals surface area (Å²) in [6, 6.07) is 7.22. The smallest absolute Gasteiger partial charge is 0.119 e. The Hall–Kier alpha value is -1.30. The van der Waals surface area contributed by atoms with Gasteiger partial charge in [-0.1, -0.05) is 6.92 Å². The molecule has 2 unspecified atom stereocenters. The van der Waals surface area contributed by atoms with Crippen LogP contribution in [0.4, 0.5) is 0 Å². The van der Waals surface area contributed by atoms with E-state index in [0.717, 1.165) is 12.2 Å². The molecule has 1 rings (SSSR count). The van der Waals surface area contributed by atoms with Gasteiger partial charge < -0.3 is 25.0 Å². The van der Waals surface area contributed by atoms with Crippen molar-refractivity contribution in [2.75, 3.05) is 26.9 Å².